The van der Waals surface area contributed by atoms with Crippen LogP contribution in [0.1, 0.15) is 0 Å². The average molecular weight is 447 g/mol. The third-order valence-electron chi connectivity index (χ3n) is 5.02. The number of carbonyl (C=O) groups excluding carboxylic acids is 1. The quantitative estimate of drug-likeness (QED) is 0.520. The zero-order valence-corrected chi connectivity index (χ0v) is 16.9. The van der Waals surface area contributed by atoms with E-state index in [1.165, 1.54) is 0 Å². The summed E-state index contributed by atoms with van der Waals surface area (Å²) >= 11 is 6.24. The number of aromatic nitrogens is 3. The molecule has 1 amide bonds. The Bertz CT molecular complexity index is 1090. The summed E-state index contributed by atoms with van der Waals surface area (Å²) in [4.78, 5) is 23.6. The molecule has 0 spiro atoms. The Labute approximate surface area is 181 Å². The van der Waals surface area contributed by atoms with Crippen LogP contribution in [0.2, 0.25) is 5.02 Å². The van der Waals surface area contributed by atoms with Crippen molar-refractivity contribution in [3.8, 4) is 11.9 Å². The zero-order valence-electron chi connectivity index (χ0n) is 16.2. The fourth-order valence-corrected chi connectivity index (χ4v) is 3.78. The number of hydrogen-bond acceptors (Lipinski definition) is 8. The number of rotatable bonds is 6. The first-order chi connectivity index (χ1) is 15.1. The number of nitrogens with one attached hydrogen (secondary N) is 2. The molecule has 31 heavy (non-hydrogen) atoms. The van der Waals surface area contributed by atoms with Crippen LogP contribution in [0.15, 0.2) is 36.4 Å². The first-order valence-electron chi connectivity index (χ1n) is 9.69. The number of para-hydroxylation sites is 1. The highest BCUT2D eigenvalue weighted by atomic mass is 35.5. The number of anilines is 1. The molecule has 0 aliphatic carbocycles. The van der Waals surface area contributed by atoms with Gasteiger partial charge in [0.15, 0.2) is 18.4 Å². The second-order valence-corrected chi connectivity index (χ2v) is 7.62. The minimum Gasteiger partial charge on any atom is -0.466 e. The Balaban J connectivity index is 1.24. The van der Waals surface area contributed by atoms with Gasteiger partial charge in [-0.2, -0.15) is 9.97 Å². The molecule has 4 atom stereocenters. The van der Waals surface area contributed by atoms with E-state index in [2.05, 4.69) is 20.3 Å². The zero-order chi connectivity index (χ0) is 21.4. The van der Waals surface area contributed by atoms with Crippen LogP contribution >= 0.6 is 11.6 Å². The predicted octanol–water partition coefficient (Wildman–Crippen LogP) is 1.53. The first-order valence-corrected chi connectivity index (χ1v) is 10.1. The van der Waals surface area contributed by atoms with E-state index >= 15 is 0 Å². The fourth-order valence-electron chi connectivity index (χ4n) is 3.58. The highest BCUT2D eigenvalue weighted by molar-refractivity contribution is 6.32. The van der Waals surface area contributed by atoms with Gasteiger partial charge in [-0.05, 0) is 18.2 Å². The van der Waals surface area contributed by atoms with E-state index in [0.717, 1.165) is 0 Å². The van der Waals surface area contributed by atoms with Crippen molar-refractivity contribution in [1.82, 2.24) is 15.0 Å². The van der Waals surface area contributed by atoms with E-state index in [0.29, 0.717) is 16.9 Å². The lowest BCUT2D eigenvalue weighted by Gasteiger charge is -2.15. The van der Waals surface area contributed by atoms with Crippen LogP contribution in [0.3, 0.4) is 0 Å². The maximum Gasteiger partial charge on any atom is 0.296 e. The highest BCUT2D eigenvalue weighted by Crippen LogP contribution is 2.31. The number of hydrogen-bond donors (Lipinski definition) is 3. The standard InChI is InChI=1S/C20H19ClN4O6/c21-11-6-12-18(24-19(11)30-9-15(27)22-10-4-2-1-3-5-10)25-20(23-12)31-14-8-29-16-13(26)7-28-17(14)16/h1-6,13-14,16-17,26H,7-9H2,(H,22,27)(H,23,24,25)/t13-,14-,16-,17-/m1/s1. The first kappa shape index (κ1) is 20.0. The van der Waals surface area contributed by atoms with Gasteiger partial charge in [0, 0.05) is 5.69 Å². The smallest absolute Gasteiger partial charge is 0.296 e. The molecule has 3 aromatic rings. The summed E-state index contributed by atoms with van der Waals surface area (Å²) in [7, 11) is 0. The number of aromatic amines is 1. The Morgan fingerprint density at radius 2 is 2.03 bits per heavy atom. The number of benzene rings is 1. The lowest BCUT2D eigenvalue weighted by Crippen LogP contribution is -2.34. The molecule has 10 nitrogen and oxygen atoms in total. The molecule has 11 heteroatoms. The molecule has 2 aromatic heterocycles. The number of pyridine rings is 1. The van der Waals surface area contributed by atoms with E-state index in [-0.39, 0.29) is 48.7 Å². The number of aliphatic hydroxyl groups excluding tert-OH is 1. The summed E-state index contributed by atoms with van der Waals surface area (Å²) in [5.74, 6) is -0.258. The summed E-state index contributed by atoms with van der Waals surface area (Å²) < 4.78 is 22.4. The molecule has 4 heterocycles. The van der Waals surface area contributed by atoms with Crippen molar-refractivity contribution in [2.45, 2.75) is 24.4 Å². The van der Waals surface area contributed by atoms with Crippen molar-refractivity contribution in [3.63, 3.8) is 0 Å². The highest BCUT2D eigenvalue weighted by Gasteiger charge is 2.48. The minimum absolute atomic E-state index is 0.0851. The number of ether oxygens (including phenoxy) is 4. The maximum absolute atomic E-state index is 12.1. The molecule has 2 aliphatic rings. The van der Waals surface area contributed by atoms with Gasteiger partial charge in [0.05, 0.1) is 18.7 Å². The molecule has 2 aliphatic heterocycles. The molecule has 1 aromatic carbocycles. The summed E-state index contributed by atoms with van der Waals surface area (Å²) in [6.45, 7) is 0.233. The van der Waals surface area contributed by atoms with Gasteiger partial charge < -0.3 is 34.4 Å². The van der Waals surface area contributed by atoms with Crippen molar-refractivity contribution >= 4 is 34.4 Å². The lowest BCUT2D eigenvalue weighted by atomic mass is 10.1. The summed E-state index contributed by atoms with van der Waals surface area (Å²) in [5, 5.41) is 12.8. The summed E-state index contributed by atoms with van der Waals surface area (Å²) in [5.41, 5.74) is 1.53. The largest absolute Gasteiger partial charge is 0.466 e. The number of imidazole rings is 1. The average Bonchev–Trinajstić information content (AvgIpc) is 3.44. The number of amides is 1. The molecule has 5 rings (SSSR count). The third-order valence-corrected chi connectivity index (χ3v) is 5.29. The number of halogens is 1. The third kappa shape index (κ3) is 4.15. The number of nitrogens with zero attached hydrogens (tertiary/aromatic N) is 2. The molecule has 0 radical (unpaired) electrons. The SMILES string of the molecule is O=C(COc1nc2nc(O[C@@H]3CO[C@H]4[C@@H]3OC[C@H]4O)[nH]c2cc1Cl)Nc1ccccc1. The molecule has 2 saturated heterocycles. The second-order valence-electron chi connectivity index (χ2n) is 7.21. The molecule has 2 fully saturated rings. The van der Waals surface area contributed by atoms with Gasteiger partial charge in [-0.1, -0.05) is 29.8 Å². The van der Waals surface area contributed by atoms with Crippen LogP contribution in [0.25, 0.3) is 11.2 Å². The lowest BCUT2D eigenvalue weighted by molar-refractivity contribution is -0.118. The molecular formula is C20H19ClN4O6. The van der Waals surface area contributed by atoms with Gasteiger partial charge in [-0.3, -0.25) is 4.79 Å². The van der Waals surface area contributed by atoms with E-state index in [4.69, 9.17) is 30.5 Å². The van der Waals surface area contributed by atoms with E-state index in [9.17, 15) is 9.90 Å². The Kier molecular flexibility index (Phi) is 5.36. The van der Waals surface area contributed by atoms with E-state index < -0.39 is 18.3 Å². The second kappa shape index (κ2) is 8.31. The Morgan fingerprint density at radius 1 is 1.23 bits per heavy atom. The normalized spacial score (nSPS) is 24.8. The minimum atomic E-state index is -0.659. The van der Waals surface area contributed by atoms with Crippen LogP contribution in [-0.4, -0.2) is 70.2 Å². The van der Waals surface area contributed by atoms with E-state index in [1.807, 2.05) is 18.2 Å². The maximum atomic E-state index is 12.1. The van der Waals surface area contributed by atoms with Crippen LogP contribution in [0.4, 0.5) is 5.69 Å². The topological polar surface area (TPSA) is 128 Å². The van der Waals surface area contributed by atoms with Crippen molar-refractivity contribution in [3.05, 3.63) is 41.4 Å². The number of fused-ring (bicyclic) bond motifs is 2. The number of aliphatic hydroxyl groups is 1. The van der Waals surface area contributed by atoms with Crippen LogP contribution in [-0.2, 0) is 14.3 Å². The molecule has 0 unspecified atom stereocenters. The number of carbonyl (C=O) groups is 1. The van der Waals surface area contributed by atoms with Crippen molar-refractivity contribution in [2.75, 3.05) is 25.1 Å². The monoisotopic (exact) mass is 446 g/mol. The van der Waals surface area contributed by atoms with Gasteiger partial charge in [0.2, 0.25) is 5.88 Å². The van der Waals surface area contributed by atoms with Crippen LogP contribution in [0, 0.1) is 0 Å². The van der Waals surface area contributed by atoms with Crippen LogP contribution < -0.4 is 14.8 Å². The van der Waals surface area contributed by atoms with Crippen molar-refractivity contribution < 1.29 is 28.8 Å². The Hall–Kier alpha value is -2.92. The van der Waals surface area contributed by atoms with Gasteiger partial charge in [0.25, 0.3) is 11.9 Å². The van der Waals surface area contributed by atoms with Gasteiger partial charge in [-0.25, -0.2) is 0 Å². The van der Waals surface area contributed by atoms with Crippen LogP contribution in [0.5, 0.6) is 11.9 Å². The van der Waals surface area contributed by atoms with Crippen molar-refractivity contribution in [1.29, 1.82) is 0 Å². The molecule has 162 valence electrons. The number of H-pyrrole nitrogens is 1. The molecule has 0 bridgehead atoms. The Morgan fingerprint density at radius 3 is 2.87 bits per heavy atom. The molecule has 0 saturated carbocycles. The summed E-state index contributed by atoms with van der Waals surface area (Å²) in [6, 6.07) is 10.9. The fraction of sp³-hybridized carbons (Fsp3) is 0.350. The van der Waals surface area contributed by atoms with Gasteiger partial charge in [-0.15, -0.1) is 0 Å². The van der Waals surface area contributed by atoms with E-state index in [1.54, 1.807) is 18.2 Å². The summed E-state index contributed by atoms with van der Waals surface area (Å²) in [6.07, 6.45) is -1.82. The predicted molar refractivity (Wildman–Crippen MR) is 109 cm³/mol. The van der Waals surface area contributed by atoms with Gasteiger partial charge >= 0.3 is 0 Å². The van der Waals surface area contributed by atoms with Gasteiger partial charge in [0.1, 0.15) is 23.3 Å². The molecule has 3 N–H and O–H groups in total. The molecular weight excluding hydrogens is 428 g/mol. The van der Waals surface area contributed by atoms with Crippen molar-refractivity contribution in [2.24, 2.45) is 0 Å².